The van der Waals surface area contributed by atoms with Crippen LogP contribution < -0.4 is 5.32 Å². The molecule has 3 aromatic rings. The maximum Gasteiger partial charge on any atom is 0.337 e. The zero-order valence-corrected chi connectivity index (χ0v) is 17.3. The summed E-state index contributed by atoms with van der Waals surface area (Å²) in [5, 5.41) is 4.84. The van der Waals surface area contributed by atoms with E-state index in [1.807, 2.05) is 42.5 Å². The van der Waals surface area contributed by atoms with Crippen LogP contribution in [0.25, 0.3) is 10.8 Å². The van der Waals surface area contributed by atoms with Gasteiger partial charge in [-0.25, -0.2) is 4.79 Å². The topological polar surface area (TPSA) is 75.7 Å². The largest absolute Gasteiger partial charge is 0.465 e. The highest BCUT2D eigenvalue weighted by Crippen LogP contribution is 2.24. The molecule has 1 aliphatic heterocycles. The molecule has 158 valence electrons. The second-order valence-electron chi connectivity index (χ2n) is 7.68. The number of esters is 1. The Morgan fingerprint density at radius 1 is 0.968 bits per heavy atom. The Balaban J connectivity index is 1.45. The lowest BCUT2D eigenvalue weighted by molar-refractivity contribution is -0.121. The second-order valence-corrected chi connectivity index (χ2v) is 7.68. The third-order valence-corrected chi connectivity index (χ3v) is 5.67. The van der Waals surface area contributed by atoms with Crippen molar-refractivity contribution in [3.05, 3.63) is 77.9 Å². The second kappa shape index (κ2) is 9.00. The van der Waals surface area contributed by atoms with Gasteiger partial charge in [0.05, 0.1) is 18.6 Å². The average molecular weight is 416 g/mol. The van der Waals surface area contributed by atoms with Crippen LogP contribution in [0.2, 0.25) is 0 Å². The minimum atomic E-state index is -0.423. The van der Waals surface area contributed by atoms with Crippen LogP contribution in [0.5, 0.6) is 0 Å². The molecule has 1 fully saturated rings. The summed E-state index contributed by atoms with van der Waals surface area (Å²) >= 11 is 0. The number of methoxy groups -OCH3 is 1. The first-order chi connectivity index (χ1) is 15.1. The van der Waals surface area contributed by atoms with Gasteiger partial charge in [0.15, 0.2) is 0 Å². The first-order valence-corrected chi connectivity index (χ1v) is 10.3. The monoisotopic (exact) mass is 416 g/mol. The van der Waals surface area contributed by atoms with Crippen LogP contribution in [0.1, 0.15) is 33.6 Å². The van der Waals surface area contributed by atoms with Crippen molar-refractivity contribution in [3.63, 3.8) is 0 Å². The number of carbonyl (C=O) groups excluding carboxylic acids is 3. The molecule has 1 aliphatic rings. The summed E-state index contributed by atoms with van der Waals surface area (Å²) in [6.07, 6.45) is 1.50. The van der Waals surface area contributed by atoms with Gasteiger partial charge in [0.25, 0.3) is 5.91 Å². The summed E-state index contributed by atoms with van der Waals surface area (Å²) in [6.45, 7) is 1.02. The Morgan fingerprint density at radius 2 is 1.71 bits per heavy atom. The third-order valence-electron chi connectivity index (χ3n) is 5.67. The van der Waals surface area contributed by atoms with Crippen LogP contribution in [0.15, 0.2) is 66.7 Å². The minimum Gasteiger partial charge on any atom is -0.465 e. The molecule has 0 aliphatic carbocycles. The van der Waals surface area contributed by atoms with E-state index < -0.39 is 5.97 Å². The molecule has 6 nitrogen and oxygen atoms in total. The molecule has 0 saturated carbocycles. The molecular formula is C25H24N2O4. The van der Waals surface area contributed by atoms with E-state index in [2.05, 4.69) is 10.1 Å². The van der Waals surface area contributed by atoms with E-state index in [4.69, 9.17) is 0 Å². The molecule has 0 aromatic heterocycles. The normalized spacial score (nSPS) is 16.0. The van der Waals surface area contributed by atoms with Crippen LogP contribution in [0.4, 0.5) is 5.69 Å². The van der Waals surface area contributed by atoms with Gasteiger partial charge < -0.3 is 15.0 Å². The fourth-order valence-electron chi connectivity index (χ4n) is 4.01. The summed E-state index contributed by atoms with van der Waals surface area (Å²) in [5.41, 5.74) is 1.69. The molecule has 0 bridgehead atoms. The molecule has 2 amide bonds. The van der Waals surface area contributed by atoms with E-state index in [1.54, 1.807) is 29.2 Å². The Labute approximate surface area is 180 Å². The molecule has 1 saturated heterocycles. The molecule has 6 heteroatoms. The minimum absolute atomic E-state index is 0.0447. The number of benzene rings is 3. The summed E-state index contributed by atoms with van der Waals surface area (Å²) in [6, 6.07) is 20.1. The van der Waals surface area contributed by atoms with Crippen molar-refractivity contribution in [2.75, 3.05) is 25.5 Å². The smallest absolute Gasteiger partial charge is 0.337 e. The number of likely N-dealkylation sites (tertiary alicyclic amines) is 1. The SMILES string of the molecule is COC(=O)c1ccc(NC(=O)C2CCCN(C(=O)c3cccc4ccccc34)C2)cc1. The summed E-state index contributed by atoms with van der Waals surface area (Å²) in [5.74, 6) is -0.876. The highest BCUT2D eigenvalue weighted by Gasteiger charge is 2.29. The summed E-state index contributed by atoms with van der Waals surface area (Å²) < 4.78 is 4.69. The van der Waals surface area contributed by atoms with Crippen LogP contribution >= 0.6 is 0 Å². The molecule has 0 spiro atoms. The van der Waals surface area contributed by atoms with E-state index in [0.717, 1.165) is 23.6 Å². The van der Waals surface area contributed by atoms with E-state index in [0.29, 0.717) is 29.9 Å². The first kappa shape index (κ1) is 20.6. The lowest BCUT2D eigenvalue weighted by Gasteiger charge is -2.32. The van der Waals surface area contributed by atoms with E-state index in [-0.39, 0.29) is 17.7 Å². The van der Waals surface area contributed by atoms with Crippen molar-refractivity contribution < 1.29 is 19.1 Å². The molecule has 31 heavy (non-hydrogen) atoms. The van der Waals surface area contributed by atoms with Gasteiger partial charge in [0, 0.05) is 24.3 Å². The van der Waals surface area contributed by atoms with Gasteiger partial charge in [-0.3, -0.25) is 9.59 Å². The highest BCUT2D eigenvalue weighted by atomic mass is 16.5. The third kappa shape index (κ3) is 4.43. The molecule has 1 atom stereocenters. The number of nitrogens with zero attached hydrogens (tertiary/aromatic N) is 1. The highest BCUT2D eigenvalue weighted by molar-refractivity contribution is 6.07. The van der Waals surface area contributed by atoms with Gasteiger partial charge in [-0.15, -0.1) is 0 Å². The number of hydrogen-bond donors (Lipinski definition) is 1. The summed E-state index contributed by atoms with van der Waals surface area (Å²) in [7, 11) is 1.33. The molecule has 3 aromatic carbocycles. The number of amides is 2. The Hall–Kier alpha value is -3.67. The molecular weight excluding hydrogens is 392 g/mol. The molecule has 4 rings (SSSR count). The average Bonchev–Trinajstić information content (AvgIpc) is 2.83. The maximum atomic E-state index is 13.2. The van der Waals surface area contributed by atoms with Crippen molar-refractivity contribution in [1.82, 2.24) is 4.90 Å². The zero-order chi connectivity index (χ0) is 21.8. The van der Waals surface area contributed by atoms with Crippen LogP contribution in [-0.4, -0.2) is 42.9 Å². The number of ether oxygens (including phenoxy) is 1. The van der Waals surface area contributed by atoms with Crippen LogP contribution in [0, 0.1) is 5.92 Å². The lowest BCUT2D eigenvalue weighted by atomic mass is 9.95. The Bertz CT molecular complexity index is 1120. The van der Waals surface area contributed by atoms with Crippen LogP contribution in [-0.2, 0) is 9.53 Å². The Kier molecular flexibility index (Phi) is 5.98. The van der Waals surface area contributed by atoms with E-state index in [9.17, 15) is 14.4 Å². The van der Waals surface area contributed by atoms with Crippen molar-refractivity contribution in [2.24, 2.45) is 5.92 Å². The zero-order valence-electron chi connectivity index (χ0n) is 17.3. The predicted octanol–water partition coefficient (Wildman–Crippen LogP) is 4.12. The predicted molar refractivity (Wildman–Crippen MR) is 119 cm³/mol. The van der Waals surface area contributed by atoms with Gasteiger partial charge in [0.2, 0.25) is 5.91 Å². The van der Waals surface area contributed by atoms with E-state index >= 15 is 0 Å². The van der Waals surface area contributed by atoms with Gasteiger partial charge in [0.1, 0.15) is 0 Å². The van der Waals surface area contributed by atoms with Crippen LogP contribution in [0.3, 0.4) is 0 Å². The van der Waals surface area contributed by atoms with Gasteiger partial charge in [-0.1, -0.05) is 36.4 Å². The van der Waals surface area contributed by atoms with Crippen molar-refractivity contribution in [2.45, 2.75) is 12.8 Å². The van der Waals surface area contributed by atoms with Gasteiger partial charge in [-0.05, 0) is 53.9 Å². The lowest BCUT2D eigenvalue weighted by Crippen LogP contribution is -2.43. The maximum absolute atomic E-state index is 13.2. The fourth-order valence-corrected chi connectivity index (χ4v) is 4.01. The fraction of sp³-hybridized carbons (Fsp3) is 0.240. The van der Waals surface area contributed by atoms with Crippen molar-refractivity contribution in [3.8, 4) is 0 Å². The molecule has 1 N–H and O–H groups in total. The number of anilines is 1. The number of piperidine rings is 1. The number of hydrogen-bond acceptors (Lipinski definition) is 4. The number of fused-ring (bicyclic) bond motifs is 1. The van der Waals surface area contributed by atoms with Crippen molar-refractivity contribution >= 4 is 34.2 Å². The quantitative estimate of drug-likeness (QED) is 0.649. The summed E-state index contributed by atoms with van der Waals surface area (Å²) in [4.78, 5) is 39.4. The molecule has 1 heterocycles. The number of rotatable bonds is 4. The molecule has 0 radical (unpaired) electrons. The van der Waals surface area contributed by atoms with Crippen molar-refractivity contribution in [1.29, 1.82) is 0 Å². The number of nitrogens with one attached hydrogen (secondary N) is 1. The Morgan fingerprint density at radius 3 is 2.48 bits per heavy atom. The first-order valence-electron chi connectivity index (χ1n) is 10.3. The standard InChI is InChI=1S/C25H24N2O4/c1-31-25(30)18-11-13-20(14-12-18)26-23(28)19-8-5-15-27(16-19)24(29)22-10-4-7-17-6-2-3-9-21(17)22/h2-4,6-7,9-14,19H,5,8,15-16H2,1H3,(H,26,28). The van der Waals surface area contributed by atoms with E-state index in [1.165, 1.54) is 7.11 Å². The van der Waals surface area contributed by atoms with Gasteiger partial charge >= 0.3 is 5.97 Å². The number of carbonyl (C=O) groups is 3. The molecule has 1 unspecified atom stereocenters. The van der Waals surface area contributed by atoms with Gasteiger partial charge in [-0.2, -0.15) is 0 Å².